The van der Waals surface area contributed by atoms with E-state index in [9.17, 15) is 9.59 Å². The first-order valence-corrected chi connectivity index (χ1v) is 4.95. The molecule has 4 nitrogen and oxygen atoms in total. The molecule has 1 aromatic carbocycles. The van der Waals surface area contributed by atoms with Crippen molar-refractivity contribution in [2.45, 2.75) is 13.8 Å². The summed E-state index contributed by atoms with van der Waals surface area (Å²) in [5, 5.41) is 0. The van der Waals surface area contributed by atoms with Crippen molar-refractivity contribution in [2.24, 2.45) is 0 Å². The topological polar surface area (TPSA) is 52.6 Å². The third-order valence-corrected chi connectivity index (χ3v) is 2.09. The first-order chi connectivity index (χ1) is 7.63. The normalized spacial score (nSPS) is 9.69. The van der Waals surface area contributed by atoms with Crippen LogP contribution in [0.2, 0.25) is 0 Å². The second kappa shape index (κ2) is 5.30. The van der Waals surface area contributed by atoms with E-state index in [1.807, 2.05) is 0 Å². The van der Waals surface area contributed by atoms with E-state index in [1.165, 1.54) is 7.11 Å². The Labute approximate surface area is 94.2 Å². The van der Waals surface area contributed by atoms with Crippen LogP contribution in [-0.2, 0) is 4.74 Å². The summed E-state index contributed by atoms with van der Waals surface area (Å²) in [6.45, 7) is 3.81. The maximum atomic E-state index is 11.6. The van der Waals surface area contributed by atoms with Crippen molar-refractivity contribution in [3.05, 3.63) is 28.8 Å². The number of benzene rings is 1. The summed E-state index contributed by atoms with van der Waals surface area (Å²) in [6, 6.07) is 3.30. The first-order valence-electron chi connectivity index (χ1n) is 4.95. The quantitative estimate of drug-likeness (QED) is 0.577. The van der Waals surface area contributed by atoms with Crippen molar-refractivity contribution < 1.29 is 19.1 Å². The van der Waals surface area contributed by atoms with E-state index >= 15 is 0 Å². The van der Waals surface area contributed by atoms with Gasteiger partial charge in [-0.3, -0.25) is 4.79 Å². The molecule has 0 unspecified atom stereocenters. The average Bonchev–Trinajstić information content (AvgIpc) is 2.28. The molecule has 0 fully saturated rings. The molecule has 0 radical (unpaired) electrons. The number of methoxy groups -OCH3 is 1. The highest BCUT2D eigenvalue weighted by Crippen LogP contribution is 2.25. The van der Waals surface area contributed by atoms with E-state index in [2.05, 4.69) is 0 Å². The van der Waals surface area contributed by atoms with Gasteiger partial charge in [0.25, 0.3) is 0 Å². The van der Waals surface area contributed by atoms with Crippen molar-refractivity contribution in [2.75, 3.05) is 13.7 Å². The number of esters is 1. The van der Waals surface area contributed by atoms with Crippen LogP contribution in [0.4, 0.5) is 0 Å². The smallest absolute Gasteiger partial charge is 0.341 e. The summed E-state index contributed by atoms with van der Waals surface area (Å²) < 4.78 is 9.95. The first kappa shape index (κ1) is 12.2. The van der Waals surface area contributed by atoms with Gasteiger partial charge >= 0.3 is 5.97 Å². The largest absolute Gasteiger partial charge is 0.495 e. The predicted molar refractivity (Wildman–Crippen MR) is 59.1 cm³/mol. The van der Waals surface area contributed by atoms with Gasteiger partial charge in [0.15, 0.2) is 6.29 Å². The minimum atomic E-state index is -0.480. The zero-order valence-corrected chi connectivity index (χ0v) is 9.57. The van der Waals surface area contributed by atoms with E-state index in [-0.39, 0.29) is 17.9 Å². The van der Waals surface area contributed by atoms with Gasteiger partial charge in [-0.1, -0.05) is 0 Å². The molecule has 0 saturated carbocycles. The lowest BCUT2D eigenvalue weighted by Gasteiger charge is -2.10. The summed E-state index contributed by atoms with van der Waals surface area (Å²) in [5.74, 6) is -0.217. The molecule has 4 heteroatoms. The van der Waals surface area contributed by atoms with Crippen LogP contribution >= 0.6 is 0 Å². The number of hydrogen-bond acceptors (Lipinski definition) is 4. The van der Waals surface area contributed by atoms with Crippen LogP contribution in [0.1, 0.15) is 33.2 Å². The van der Waals surface area contributed by atoms with Gasteiger partial charge in [0.05, 0.1) is 19.3 Å². The Hall–Kier alpha value is -1.84. The Morgan fingerprint density at radius 2 is 2.12 bits per heavy atom. The predicted octanol–water partition coefficient (Wildman–Crippen LogP) is 1.99. The summed E-state index contributed by atoms with van der Waals surface area (Å²) >= 11 is 0. The molecule has 0 aromatic heterocycles. The van der Waals surface area contributed by atoms with E-state index in [1.54, 1.807) is 26.0 Å². The van der Waals surface area contributed by atoms with Gasteiger partial charge < -0.3 is 9.47 Å². The second-order valence-electron chi connectivity index (χ2n) is 3.27. The van der Waals surface area contributed by atoms with Crippen molar-refractivity contribution in [3.8, 4) is 5.75 Å². The fourth-order valence-electron chi connectivity index (χ4n) is 1.48. The lowest BCUT2D eigenvalue weighted by molar-refractivity contribution is 0.0522. The summed E-state index contributed by atoms with van der Waals surface area (Å²) in [4.78, 5) is 22.5. The SMILES string of the molecule is CCOC(=O)c1cc(C)cc(C=O)c1OC. The number of carbonyl (C=O) groups excluding carboxylic acids is 2. The molecule has 0 bridgehead atoms. The molecule has 0 amide bonds. The number of carbonyl (C=O) groups is 2. The molecule has 0 atom stereocenters. The fraction of sp³-hybridized carbons (Fsp3) is 0.333. The molecule has 86 valence electrons. The van der Waals surface area contributed by atoms with Crippen LogP contribution < -0.4 is 4.74 Å². The number of aryl methyl sites for hydroxylation is 1. The minimum Gasteiger partial charge on any atom is -0.495 e. The van der Waals surface area contributed by atoms with Crippen LogP contribution in [-0.4, -0.2) is 26.0 Å². The molecule has 0 aliphatic heterocycles. The number of aldehydes is 1. The number of rotatable bonds is 4. The molecule has 0 heterocycles. The third kappa shape index (κ3) is 2.39. The molecule has 1 rings (SSSR count). The molecular formula is C12H14O4. The zero-order chi connectivity index (χ0) is 12.1. The Bertz CT molecular complexity index is 410. The highest BCUT2D eigenvalue weighted by molar-refractivity contribution is 5.96. The molecular weight excluding hydrogens is 208 g/mol. The summed E-state index contributed by atoms with van der Waals surface area (Å²) in [6.07, 6.45) is 0.661. The highest BCUT2D eigenvalue weighted by Gasteiger charge is 2.17. The Kier molecular flexibility index (Phi) is 4.05. The monoisotopic (exact) mass is 222 g/mol. The Balaban J connectivity index is 3.30. The standard InChI is InChI=1S/C12H14O4/c1-4-16-12(14)10-6-8(2)5-9(7-13)11(10)15-3/h5-7H,4H2,1-3H3. The van der Waals surface area contributed by atoms with Gasteiger partial charge in [-0.2, -0.15) is 0 Å². The van der Waals surface area contributed by atoms with E-state index in [0.717, 1.165) is 5.56 Å². The molecule has 0 saturated heterocycles. The zero-order valence-electron chi connectivity index (χ0n) is 9.57. The minimum absolute atomic E-state index is 0.263. The van der Waals surface area contributed by atoms with Crippen LogP contribution in [0, 0.1) is 6.92 Å². The summed E-state index contributed by atoms with van der Waals surface area (Å²) in [7, 11) is 1.42. The fourth-order valence-corrected chi connectivity index (χ4v) is 1.48. The second-order valence-corrected chi connectivity index (χ2v) is 3.27. The number of ether oxygens (including phenoxy) is 2. The van der Waals surface area contributed by atoms with Gasteiger partial charge in [-0.05, 0) is 31.5 Å². The van der Waals surface area contributed by atoms with Crippen LogP contribution in [0.5, 0.6) is 5.75 Å². The van der Waals surface area contributed by atoms with Crippen LogP contribution in [0.25, 0.3) is 0 Å². The van der Waals surface area contributed by atoms with E-state index in [4.69, 9.17) is 9.47 Å². The highest BCUT2D eigenvalue weighted by atomic mass is 16.5. The Morgan fingerprint density at radius 1 is 1.44 bits per heavy atom. The number of hydrogen-bond donors (Lipinski definition) is 0. The molecule has 16 heavy (non-hydrogen) atoms. The van der Waals surface area contributed by atoms with E-state index < -0.39 is 5.97 Å². The molecule has 0 N–H and O–H groups in total. The van der Waals surface area contributed by atoms with Crippen molar-refractivity contribution >= 4 is 12.3 Å². The molecule has 0 aliphatic carbocycles. The van der Waals surface area contributed by atoms with Gasteiger partial charge in [0.2, 0.25) is 0 Å². The third-order valence-electron chi connectivity index (χ3n) is 2.09. The Morgan fingerprint density at radius 3 is 2.62 bits per heavy atom. The molecule has 0 spiro atoms. The van der Waals surface area contributed by atoms with Gasteiger partial charge in [0.1, 0.15) is 11.3 Å². The summed E-state index contributed by atoms with van der Waals surface area (Å²) in [5.41, 5.74) is 1.45. The lowest BCUT2D eigenvalue weighted by Crippen LogP contribution is -2.08. The van der Waals surface area contributed by atoms with Gasteiger partial charge in [-0.15, -0.1) is 0 Å². The maximum Gasteiger partial charge on any atom is 0.341 e. The maximum absolute atomic E-state index is 11.6. The van der Waals surface area contributed by atoms with Gasteiger partial charge in [-0.25, -0.2) is 4.79 Å². The lowest BCUT2D eigenvalue weighted by atomic mass is 10.1. The van der Waals surface area contributed by atoms with Gasteiger partial charge in [0, 0.05) is 0 Å². The molecule has 1 aromatic rings. The van der Waals surface area contributed by atoms with E-state index in [0.29, 0.717) is 11.8 Å². The molecule has 0 aliphatic rings. The average molecular weight is 222 g/mol. The van der Waals surface area contributed by atoms with Crippen LogP contribution in [0.15, 0.2) is 12.1 Å². The van der Waals surface area contributed by atoms with Crippen molar-refractivity contribution in [3.63, 3.8) is 0 Å². The van der Waals surface area contributed by atoms with Crippen molar-refractivity contribution in [1.82, 2.24) is 0 Å². The van der Waals surface area contributed by atoms with Crippen LogP contribution in [0.3, 0.4) is 0 Å². The van der Waals surface area contributed by atoms with Crippen molar-refractivity contribution in [1.29, 1.82) is 0 Å².